The molecule has 0 aliphatic heterocycles. The minimum atomic E-state index is -0.0789. The van der Waals surface area contributed by atoms with Gasteiger partial charge in [0.1, 0.15) is 17.3 Å². The van der Waals surface area contributed by atoms with E-state index < -0.39 is 0 Å². The van der Waals surface area contributed by atoms with Crippen LogP contribution in [-0.2, 0) is 14.1 Å². The molecule has 3 heterocycles. The molecular formula is C24H32N6O. The minimum absolute atomic E-state index is 0.0789. The molecule has 1 aliphatic carbocycles. The Morgan fingerprint density at radius 3 is 2.23 bits per heavy atom. The highest BCUT2D eigenvalue weighted by atomic mass is 16.1. The van der Waals surface area contributed by atoms with Crippen LogP contribution in [-0.4, -0.2) is 24.5 Å². The number of anilines is 2. The molecule has 1 fully saturated rings. The molecule has 3 aromatic heterocycles. The lowest BCUT2D eigenvalue weighted by atomic mass is 10.2. The highest BCUT2D eigenvalue weighted by Crippen LogP contribution is 2.23. The highest BCUT2D eigenvalue weighted by Gasteiger charge is 2.10. The molecule has 7 nitrogen and oxygen atoms in total. The third kappa shape index (κ3) is 5.42. The molecular weight excluding hydrogens is 388 g/mol. The fraction of sp³-hybridized carbons (Fsp3) is 0.375. The molecule has 7 heteroatoms. The van der Waals surface area contributed by atoms with E-state index in [9.17, 15) is 4.79 Å². The van der Waals surface area contributed by atoms with Crippen molar-refractivity contribution in [2.24, 2.45) is 14.1 Å². The average molecular weight is 421 g/mol. The molecule has 1 saturated carbocycles. The van der Waals surface area contributed by atoms with E-state index in [2.05, 4.69) is 20.5 Å². The van der Waals surface area contributed by atoms with Crippen molar-refractivity contribution >= 4 is 22.7 Å². The Hall–Kier alpha value is -3.35. The fourth-order valence-corrected chi connectivity index (χ4v) is 3.56. The number of nitrogens with zero attached hydrogens (tertiary/aromatic N) is 4. The summed E-state index contributed by atoms with van der Waals surface area (Å²) in [7, 11) is 3.65. The monoisotopic (exact) mass is 420 g/mol. The molecule has 0 bridgehead atoms. The van der Waals surface area contributed by atoms with Crippen molar-refractivity contribution in [2.45, 2.75) is 46.0 Å². The zero-order valence-electron chi connectivity index (χ0n) is 18.9. The van der Waals surface area contributed by atoms with Crippen molar-refractivity contribution in [1.82, 2.24) is 24.5 Å². The molecule has 4 aromatic rings. The van der Waals surface area contributed by atoms with Crippen molar-refractivity contribution in [3.63, 3.8) is 0 Å². The normalized spacial score (nSPS) is 12.6. The Kier molecular flexibility index (Phi) is 7.65. The van der Waals surface area contributed by atoms with Crippen LogP contribution in [0.1, 0.15) is 46.0 Å². The van der Waals surface area contributed by atoms with E-state index in [4.69, 9.17) is 0 Å². The first kappa shape index (κ1) is 22.3. The van der Waals surface area contributed by atoms with Gasteiger partial charge in [-0.05, 0) is 0 Å². The SMILES string of the molecule is C1CCCC1.CC.Cn1nc(-c2ccccc2)cc1Nc1cc(=O)c2cnn(C)c2[nH]1. The van der Waals surface area contributed by atoms with E-state index in [0.717, 1.165) is 17.1 Å². The van der Waals surface area contributed by atoms with Crippen LogP contribution in [0.15, 0.2) is 53.5 Å². The summed E-state index contributed by atoms with van der Waals surface area (Å²) in [5.74, 6) is 1.38. The molecule has 31 heavy (non-hydrogen) atoms. The Morgan fingerprint density at radius 2 is 1.58 bits per heavy atom. The summed E-state index contributed by atoms with van der Waals surface area (Å²) in [4.78, 5) is 15.4. The van der Waals surface area contributed by atoms with Gasteiger partial charge in [-0.1, -0.05) is 76.3 Å². The second-order valence-corrected chi connectivity index (χ2v) is 7.37. The Labute approximate surface area is 183 Å². The van der Waals surface area contributed by atoms with Gasteiger partial charge in [0.2, 0.25) is 0 Å². The maximum Gasteiger partial charge on any atom is 0.194 e. The van der Waals surface area contributed by atoms with E-state index >= 15 is 0 Å². The lowest BCUT2D eigenvalue weighted by Gasteiger charge is -2.06. The van der Waals surface area contributed by atoms with E-state index in [0.29, 0.717) is 16.9 Å². The number of hydrogen-bond acceptors (Lipinski definition) is 4. The molecule has 1 aromatic carbocycles. The lowest BCUT2D eigenvalue weighted by Crippen LogP contribution is -2.07. The van der Waals surface area contributed by atoms with Gasteiger partial charge in [-0.25, -0.2) is 0 Å². The predicted octanol–water partition coefficient (Wildman–Crippen LogP) is 5.38. The molecule has 1 aliphatic rings. The van der Waals surface area contributed by atoms with Crippen LogP contribution in [0.25, 0.3) is 22.3 Å². The summed E-state index contributed by atoms with van der Waals surface area (Å²) in [5.41, 5.74) is 2.50. The number of pyridine rings is 1. The number of H-pyrrole nitrogens is 1. The van der Waals surface area contributed by atoms with Crippen LogP contribution < -0.4 is 10.7 Å². The van der Waals surface area contributed by atoms with Crippen LogP contribution in [0.2, 0.25) is 0 Å². The van der Waals surface area contributed by atoms with Gasteiger partial charge in [0, 0.05) is 31.8 Å². The molecule has 2 N–H and O–H groups in total. The van der Waals surface area contributed by atoms with Crippen molar-refractivity contribution < 1.29 is 0 Å². The quantitative estimate of drug-likeness (QED) is 0.466. The largest absolute Gasteiger partial charge is 0.327 e. The summed E-state index contributed by atoms with van der Waals surface area (Å²) in [6, 6.07) is 13.4. The van der Waals surface area contributed by atoms with Gasteiger partial charge in [0.05, 0.1) is 17.3 Å². The first-order valence-electron chi connectivity index (χ1n) is 11.0. The fourth-order valence-electron chi connectivity index (χ4n) is 3.56. The Bertz CT molecular complexity index is 1140. The molecule has 0 spiro atoms. The lowest BCUT2D eigenvalue weighted by molar-refractivity contribution is 0.777. The van der Waals surface area contributed by atoms with Crippen LogP contribution in [0.4, 0.5) is 11.6 Å². The van der Waals surface area contributed by atoms with Gasteiger partial charge in [0.25, 0.3) is 0 Å². The van der Waals surface area contributed by atoms with Crippen molar-refractivity contribution in [3.05, 3.63) is 58.9 Å². The van der Waals surface area contributed by atoms with Gasteiger partial charge in [0.15, 0.2) is 5.43 Å². The number of aromatic amines is 1. The van der Waals surface area contributed by atoms with E-state index in [1.165, 1.54) is 38.2 Å². The second kappa shape index (κ2) is 10.6. The van der Waals surface area contributed by atoms with Gasteiger partial charge < -0.3 is 10.3 Å². The van der Waals surface area contributed by atoms with Crippen molar-refractivity contribution in [1.29, 1.82) is 0 Å². The standard InChI is InChI=1S/C17H16N6O.C5H10.C2H6/c1-22-16(8-13(21-22)11-6-4-3-5-7-11)19-15-9-14(24)12-10-18-23(2)17(12)20-15;1-2-4-5-3-1;1-2/h3-10H,1-2H3,(H2,19,20,24);1-5H2;1-2H3. The van der Waals surface area contributed by atoms with Gasteiger partial charge in [-0.15, -0.1) is 0 Å². The zero-order valence-corrected chi connectivity index (χ0v) is 18.9. The number of aryl methyl sites for hydroxylation is 2. The molecule has 0 unspecified atom stereocenters. The van der Waals surface area contributed by atoms with Crippen LogP contribution in [0.5, 0.6) is 0 Å². The Morgan fingerprint density at radius 1 is 0.935 bits per heavy atom. The molecule has 164 valence electrons. The molecule has 0 amide bonds. The molecule has 5 rings (SSSR count). The number of nitrogens with one attached hydrogen (secondary N) is 2. The first-order chi connectivity index (χ1) is 15.1. The Balaban J connectivity index is 0.000000337. The number of benzene rings is 1. The third-order valence-electron chi connectivity index (χ3n) is 5.19. The summed E-state index contributed by atoms with van der Waals surface area (Å²) in [6.45, 7) is 4.00. The minimum Gasteiger partial charge on any atom is -0.327 e. The maximum atomic E-state index is 12.2. The first-order valence-corrected chi connectivity index (χ1v) is 11.0. The third-order valence-corrected chi connectivity index (χ3v) is 5.19. The topological polar surface area (TPSA) is 80.5 Å². The number of aromatic nitrogens is 5. The average Bonchev–Trinajstić information content (AvgIpc) is 3.55. The molecule has 0 radical (unpaired) electrons. The van der Waals surface area contributed by atoms with Crippen LogP contribution >= 0.6 is 0 Å². The highest BCUT2D eigenvalue weighted by molar-refractivity contribution is 5.77. The maximum absolute atomic E-state index is 12.2. The van der Waals surface area contributed by atoms with Gasteiger partial charge in [-0.2, -0.15) is 10.2 Å². The smallest absolute Gasteiger partial charge is 0.194 e. The van der Waals surface area contributed by atoms with Crippen LogP contribution in [0, 0.1) is 0 Å². The molecule has 0 atom stereocenters. The van der Waals surface area contributed by atoms with E-state index in [1.807, 2.05) is 57.3 Å². The van der Waals surface area contributed by atoms with Crippen LogP contribution in [0.3, 0.4) is 0 Å². The summed E-state index contributed by atoms with van der Waals surface area (Å²) in [6.07, 6.45) is 9.07. The summed E-state index contributed by atoms with van der Waals surface area (Å²) in [5, 5.41) is 12.4. The number of fused-ring (bicyclic) bond motifs is 1. The zero-order chi connectivity index (χ0) is 22.2. The van der Waals surface area contributed by atoms with Gasteiger partial charge in [-0.3, -0.25) is 14.2 Å². The summed E-state index contributed by atoms with van der Waals surface area (Å²) < 4.78 is 3.38. The number of hydrogen-bond donors (Lipinski definition) is 2. The predicted molar refractivity (Wildman–Crippen MR) is 128 cm³/mol. The number of rotatable bonds is 3. The summed E-state index contributed by atoms with van der Waals surface area (Å²) >= 11 is 0. The van der Waals surface area contributed by atoms with E-state index in [1.54, 1.807) is 22.6 Å². The van der Waals surface area contributed by atoms with E-state index in [-0.39, 0.29) is 5.43 Å². The second-order valence-electron chi connectivity index (χ2n) is 7.37. The molecule has 0 saturated heterocycles. The van der Waals surface area contributed by atoms with Crippen molar-refractivity contribution in [2.75, 3.05) is 5.32 Å². The van der Waals surface area contributed by atoms with Crippen molar-refractivity contribution in [3.8, 4) is 11.3 Å². The van der Waals surface area contributed by atoms with Gasteiger partial charge >= 0.3 is 0 Å².